The summed E-state index contributed by atoms with van der Waals surface area (Å²) in [5.41, 5.74) is 0.594. The topological polar surface area (TPSA) is 40.5 Å². The zero-order valence-corrected chi connectivity index (χ0v) is 9.78. The van der Waals surface area contributed by atoms with Crippen LogP contribution in [-0.2, 0) is 11.2 Å². The molecule has 1 aromatic carbocycles. The Morgan fingerprint density at radius 3 is 2.47 bits per heavy atom. The Morgan fingerprint density at radius 2 is 2.00 bits per heavy atom. The Morgan fingerprint density at radius 1 is 1.35 bits per heavy atom. The molecule has 1 N–H and O–H groups in total. The van der Waals surface area contributed by atoms with Gasteiger partial charge in [0.25, 0.3) is 0 Å². The molecule has 0 amide bonds. The Labute approximate surface area is 98.7 Å². The number of likely N-dealkylation sites (N-methyl/N-ethyl adjacent to an activating group) is 1. The third-order valence-corrected chi connectivity index (χ3v) is 2.60. The molecule has 0 fully saturated rings. The number of rotatable bonds is 5. The predicted octanol–water partition coefficient (Wildman–Crippen LogP) is 1.91. The molecule has 1 rings (SSSR count). The summed E-state index contributed by atoms with van der Waals surface area (Å²) in [6.07, 6.45) is 0.750. The highest BCUT2D eigenvalue weighted by molar-refractivity contribution is 5.73. The van der Waals surface area contributed by atoms with Crippen molar-refractivity contribution in [3.63, 3.8) is 0 Å². The molecule has 0 aliphatic rings. The maximum absolute atomic E-state index is 12.9. The van der Waals surface area contributed by atoms with E-state index in [1.807, 2.05) is 0 Å². The van der Waals surface area contributed by atoms with Crippen molar-refractivity contribution in [2.24, 2.45) is 0 Å². The fourth-order valence-corrected chi connectivity index (χ4v) is 1.60. The minimum absolute atomic E-state index is 0.355. The first-order valence-corrected chi connectivity index (χ1v) is 5.25. The number of nitrogens with zero attached hydrogens (tertiary/aromatic N) is 1. The Balaban J connectivity index is 2.65. The molecule has 0 bridgehead atoms. The number of carbonyl (C=O) groups is 1. The monoisotopic (exact) mass is 243 g/mol. The molecule has 94 valence electrons. The van der Waals surface area contributed by atoms with Gasteiger partial charge in [-0.2, -0.15) is 0 Å². The van der Waals surface area contributed by atoms with Crippen LogP contribution in [0.1, 0.15) is 12.0 Å². The summed E-state index contributed by atoms with van der Waals surface area (Å²) in [7, 11) is 3.34. The van der Waals surface area contributed by atoms with Gasteiger partial charge in [0.1, 0.15) is 6.04 Å². The molecule has 1 atom stereocenters. The van der Waals surface area contributed by atoms with E-state index in [0.717, 1.165) is 12.1 Å². The number of hydrogen-bond donors (Lipinski definition) is 1. The lowest BCUT2D eigenvalue weighted by Crippen LogP contribution is -2.35. The normalized spacial score (nSPS) is 12.8. The van der Waals surface area contributed by atoms with Crippen LogP contribution < -0.4 is 0 Å². The molecule has 0 radical (unpaired) electrons. The minimum atomic E-state index is -0.919. The number of benzene rings is 1. The molecular formula is C12H15F2NO2. The summed E-state index contributed by atoms with van der Waals surface area (Å²) in [6, 6.07) is 3.00. The molecule has 0 aromatic heterocycles. The average molecular weight is 243 g/mol. The first-order chi connectivity index (χ1) is 7.91. The molecule has 3 nitrogen and oxygen atoms in total. The van der Waals surface area contributed by atoms with E-state index < -0.39 is 23.6 Å². The molecule has 0 saturated heterocycles. The highest BCUT2D eigenvalue weighted by atomic mass is 19.2. The molecule has 0 saturated carbocycles. The van der Waals surface area contributed by atoms with Gasteiger partial charge in [0.15, 0.2) is 11.6 Å². The van der Waals surface area contributed by atoms with Crippen molar-refractivity contribution in [2.75, 3.05) is 14.1 Å². The Bertz CT molecular complexity index is 407. The molecule has 0 aliphatic carbocycles. The van der Waals surface area contributed by atoms with E-state index in [2.05, 4.69) is 0 Å². The number of aliphatic carboxylic acids is 1. The number of carboxylic acids is 1. The van der Waals surface area contributed by atoms with Crippen LogP contribution in [0, 0.1) is 11.6 Å². The summed E-state index contributed by atoms with van der Waals surface area (Å²) in [5, 5.41) is 8.94. The van der Waals surface area contributed by atoms with Crippen LogP contribution in [0.3, 0.4) is 0 Å². The lowest BCUT2D eigenvalue weighted by atomic mass is 10.0. The molecule has 1 aromatic rings. The van der Waals surface area contributed by atoms with Crippen molar-refractivity contribution in [1.82, 2.24) is 4.90 Å². The van der Waals surface area contributed by atoms with Gasteiger partial charge in [0, 0.05) is 0 Å². The van der Waals surface area contributed by atoms with E-state index in [1.165, 1.54) is 6.07 Å². The van der Waals surface area contributed by atoms with Crippen LogP contribution in [-0.4, -0.2) is 36.1 Å². The Hall–Kier alpha value is -1.49. The zero-order chi connectivity index (χ0) is 13.0. The van der Waals surface area contributed by atoms with Gasteiger partial charge in [0.05, 0.1) is 0 Å². The predicted molar refractivity (Wildman–Crippen MR) is 59.8 cm³/mol. The van der Waals surface area contributed by atoms with Gasteiger partial charge in [-0.25, -0.2) is 8.78 Å². The molecule has 0 aliphatic heterocycles. The lowest BCUT2D eigenvalue weighted by Gasteiger charge is -2.19. The van der Waals surface area contributed by atoms with Crippen LogP contribution in [0.5, 0.6) is 0 Å². The molecule has 0 spiro atoms. The van der Waals surface area contributed by atoms with Crippen molar-refractivity contribution in [3.8, 4) is 0 Å². The highest BCUT2D eigenvalue weighted by Crippen LogP contribution is 2.12. The van der Waals surface area contributed by atoms with Gasteiger partial charge in [0.2, 0.25) is 0 Å². The molecule has 0 heterocycles. The average Bonchev–Trinajstić information content (AvgIpc) is 2.22. The largest absolute Gasteiger partial charge is 0.480 e. The van der Waals surface area contributed by atoms with Crippen molar-refractivity contribution in [2.45, 2.75) is 18.9 Å². The first kappa shape index (κ1) is 13.6. The third kappa shape index (κ3) is 3.78. The standard InChI is InChI=1S/C12H15F2NO2/c1-15(2)11(12(16)17)6-4-8-3-5-9(13)10(14)7-8/h3,5,7,11H,4,6H2,1-2H3,(H,16,17). The van der Waals surface area contributed by atoms with Crippen LogP contribution in [0.25, 0.3) is 0 Å². The van der Waals surface area contributed by atoms with Gasteiger partial charge in [-0.3, -0.25) is 9.69 Å². The highest BCUT2D eigenvalue weighted by Gasteiger charge is 2.19. The second kappa shape index (κ2) is 5.72. The molecule has 1 unspecified atom stereocenters. The number of carboxylic acid groups (broad SMARTS) is 1. The van der Waals surface area contributed by atoms with Crippen LogP contribution in [0.2, 0.25) is 0 Å². The Kier molecular flexibility index (Phi) is 4.57. The second-order valence-corrected chi connectivity index (χ2v) is 4.10. The van der Waals surface area contributed by atoms with Crippen LogP contribution in [0.4, 0.5) is 8.78 Å². The van der Waals surface area contributed by atoms with Gasteiger partial charge in [-0.1, -0.05) is 6.07 Å². The second-order valence-electron chi connectivity index (χ2n) is 4.10. The van der Waals surface area contributed by atoms with Crippen molar-refractivity contribution < 1.29 is 18.7 Å². The van der Waals surface area contributed by atoms with Crippen molar-refractivity contribution in [3.05, 3.63) is 35.4 Å². The van der Waals surface area contributed by atoms with Crippen LogP contribution >= 0.6 is 0 Å². The molecule has 5 heteroatoms. The number of aryl methyl sites for hydroxylation is 1. The summed E-state index contributed by atoms with van der Waals surface area (Å²) in [5.74, 6) is -2.71. The van der Waals surface area contributed by atoms with E-state index in [4.69, 9.17) is 5.11 Å². The zero-order valence-electron chi connectivity index (χ0n) is 9.78. The summed E-state index contributed by atoms with van der Waals surface area (Å²) < 4.78 is 25.6. The lowest BCUT2D eigenvalue weighted by molar-refractivity contribution is -0.142. The maximum Gasteiger partial charge on any atom is 0.320 e. The van der Waals surface area contributed by atoms with Crippen LogP contribution in [0.15, 0.2) is 18.2 Å². The summed E-state index contributed by atoms with van der Waals surface area (Å²) in [4.78, 5) is 12.5. The summed E-state index contributed by atoms with van der Waals surface area (Å²) >= 11 is 0. The van der Waals surface area contributed by atoms with Crippen molar-refractivity contribution >= 4 is 5.97 Å². The SMILES string of the molecule is CN(C)C(CCc1ccc(F)c(F)c1)C(=O)O. The van der Waals surface area contributed by atoms with E-state index >= 15 is 0 Å². The van der Waals surface area contributed by atoms with Crippen molar-refractivity contribution in [1.29, 1.82) is 0 Å². The van der Waals surface area contributed by atoms with Gasteiger partial charge in [-0.05, 0) is 44.6 Å². The van der Waals surface area contributed by atoms with Gasteiger partial charge in [-0.15, -0.1) is 0 Å². The van der Waals surface area contributed by atoms with E-state index in [0.29, 0.717) is 18.4 Å². The maximum atomic E-state index is 12.9. The summed E-state index contributed by atoms with van der Waals surface area (Å²) in [6.45, 7) is 0. The number of hydrogen-bond acceptors (Lipinski definition) is 2. The fraction of sp³-hybridized carbons (Fsp3) is 0.417. The minimum Gasteiger partial charge on any atom is -0.480 e. The van der Waals surface area contributed by atoms with Gasteiger partial charge >= 0.3 is 5.97 Å². The molecule has 17 heavy (non-hydrogen) atoms. The molecular weight excluding hydrogens is 228 g/mol. The third-order valence-electron chi connectivity index (χ3n) is 2.60. The first-order valence-electron chi connectivity index (χ1n) is 5.25. The van der Waals surface area contributed by atoms with Gasteiger partial charge < -0.3 is 5.11 Å². The quantitative estimate of drug-likeness (QED) is 0.858. The number of halogens is 2. The van der Waals surface area contributed by atoms with E-state index in [-0.39, 0.29) is 0 Å². The van der Waals surface area contributed by atoms with E-state index in [1.54, 1.807) is 19.0 Å². The van der Waals surface area contributed by atoms with E-state index in [9.17, 15) is 13.6 Å². The fourth-order valence-electron chi connectivity index (χ4n) is 1.60. The smallest absolute Gasteiger partial charge is 0.320 e.